The second-order valence-corrected chi connectivity index (χ2v) is 7.82. The van der Waals surface area contributed by atoms with E-state index in [-0.39, 0.29) is 5.24 Å². The second-order valence-electron chi connectivity index (χ2n) is 4.30. The van der Waals surface area contributed by atoms with Crippen LogP contribution in [-0.2, 0) is 6.42 Å². The smallest absolute Gasteiger partial charge is 0.291 e. The van der Waals surface area contributed by atoms with Gasteiger partial charge in [0.05, 0.1) is 9.90 Å². The first-order chi connectivity index (χ1) is 9.78. The Morgan fingerprint density at radius 1 is 1.55 bits per heavy atom. The summed E-state index contributed by atoms with van der Waals surface area (Å²) >= 11 is 4.92. The van der Waals surface area contributed by atoms with Crippen LogP contribution < -0.4 is 4.90 Å². The number of rotatable bonds is 2. The number of fused-ring (bicyclic) bond motifs is 1. The Morgan fingerprint density at radius 2 is 2.45 bits per heavy atom. The average molecular weight is 322 g/mol. The number of amides is 1. The van der Waals surface area contributed by atoms with Crippen molar-refractivity contribution >= 4 is 45.8 Å². The van der Waals surface area contributed by atoms with Gasteiger partial charge in [-0.1, -0.05) is 6.92 Å². The van der Waals surface area contributed by atoms with Crippen LogP contribution in [0.3, 0.4) is 0 Å². The molecule has 1 aliphatic heterocycles. The third-order valence-corrected chi connectivity index (χ3v) is 6.37. The van der Waals surface area contributed by atoms with E-state index in [0.29, 0.717) is 0 Å². The predicted molar refractivity (Wildman–Crippen MR) is 87.3 cm³/mol. The van der Waals surface area contributed by atoms with Gasteiger partial charge >= 0.3 is 0 Å². The Balaban J connectivity index is 1.81. The molecule has 1 aliphatic rings. The maximum Gasteiger partial charge on any atom is 0.291 e. The topological polar surface area (TPSA) is 33.2 Å². The lowest BCUT2D eigenvalue weighted by Gasteiger charge is -2.25. The van der Waals surface area contributed by atoms with Crippen molar-refractivity contribution in [3.05, 3.63) is 35.5 Å². The summed E-state index contributed by atoms with van der Waals surface area (Å²) in [4.78, 5) is 20.7. The van der Waals surface area contributed by atoms with Gasteiger partial charge in [-0.3, -0.25) is 9.78 Å². The van der Waals surface area contributed by atoms with Gasteiger partial charge in [-0.05, 0) is 36.4 Å². The van der Waals surface area contributed by atoms with Crippen molar-refractivity contribution in [3.8, 4) is 0 Å². The molecule has 3 nitrogen and oxygen atoms in total. The quantitative estimate of drug-likeness (QED) is 0.761. The number of aromatic nitrogens is 1. The highest BCUT2D eigenvalue weighted by Gasteiger charge is 2.25. The molecule has 20 heavy (non-hydrogen) atoms. The summed E-state index contributed by atoms with van der Waals surface area (Å²) in [7, 11) is 0. The Labute approximate surface area is 130 Å². The van der Waals surface area contributed by atoms with Gasteiger partial charge < -0.3 is 4.90 Å². The van der Waals surface area contributed by atoms with E-state index in [1.54, 1.807) is 12.4 Å². The predicted octanol–water partition coefficient (Wildman–Crippen LogP) is 4.53. The summed E-state index contributed by atoms with van der Waals surface area (Å²) in [6, 6.07) is 5.93. The summed E-state index contributed by atoms with van der Waals surface area (Å²) in [5.74, 6) is 0.968. The number of pyridine rings is 1. The van der Waals surface area contributed by atoms with E-state index >= 15 is 0 Å². The molecule has 0 aromatic carbocycles. The second kappa shape index (κ2) is 6.20. The molecular formula is C14H14N2OS3. The van der Waals surface area contributed by atoms with E-state index in [4.69, 9.17) is 0 Å². The molecule has 0 radical (unpaired) electrons. The van der Waals surface area contributed by atoms with Crippen molar-refractivity contribution in [3.63, 3.8) is 0 Å². The highest BCUT2D eigenvalue weighted by molar-refractivity contribution is 8.14. The normalized spacial score (nSPS) is 14.2. The van der Waals surface area contributed by atoms with Crippen LogP contribution in [0.2, 0.25) is 0 Å². The maximum atomic E-state index is 12.5. The van der Waals surface area contributed by atoms with Gasteiger partial charge in [0.15, 0.2) is 0 Å². The van der Waals surface area contributed by atoms with Gasteiger partial charge in [0.1, 0.15) is 0 Å². The lowest BCUT2D eigenvalue weighted by Crippen LogP contribution is -2.31. The molecule has 104 valence electrons. The maximum absolute atomic E-state index is 12.5. The molecule has 0 N–H and O–H groups in total. The van der Waals surface area contributed by atoms with Crippen molar-refractivity contribution in [2.45, 2.75) is 22.4 Å². The third kappa shape index (κ3) is 2.87. The molecule has 1 amide bonds. The Morgan fingerprint density at radius 3 is 3.20 bits per heavy atom. The van der Waals surface area contributed by atoms with Gasteiger partial charge in [0, 0.05) is 34.5 Å². The van der Waals surface area contributed by atoms with Gasteiger partial charge in [-0.25, -0.2) is 0 Å². The van der Waals surface area contributed by atoms with E-state index in [9.17, 15) is 4.79 Å². The van der Waals surface area contributed by atoms with Crippen LogP contribution in [0.4, 0.5) is 10.5 Å². The lowest BCUT2D eigenvalue weighted by molar-refractivity contribution is 0.265. The molecule has 0 unspecified atom stereocenters. The number of carbonyl (C=O) groups excluding carboxylic acids is 1. The Hall–Kier alpha value is -0.980. The summed E-state index contributed by atoms with van der Waals surface area (Å²) in [5, 5.41) is 0.0833. The first kappa shape index (κ1) is 14.0. The van der Waals surface area contributed by atoms with Crippen LogP contribution in [0.5, 0.6) is 0 Å². The molecule has 2 aromatic heterocycles. The first-order valence-electron chi connectivity index (χ1n) is 6.43. The SMILES string of the molecule is CCc1cc2c(s1)SCCN2C(=O)Sc1cccnc1. The van der Waals surface area contributed by atoms with Crippen LogP contribution in [0.15, 0.2) is 39.7 Å². The van der Waals surface area contributed by atoms with E-state index < -0.39 is 0 Å². The molecule has 6 heteroatoms. The number of anilines is 1. The molecule has 0 fully saturated rings. The van der Waals surface area contributed by atoms with E-state index in [0.717, 1.165) is 29.3 Å². The molecule has 3 rings (SSSR count). The van der Waals surface area contributed by atoms with Gasteiger partial charge in [0.25, 0.3) is 5.24 Å². The molecule has 0 saturated heterocycles. The third-order valence-electron chi connectivity index (χ3n) is 2.98. The molecule has 0 saturated carbocycles. The number of nitrogens with zero attached hydrogens (tertiary/aromatic N) is 2. The molecule has 3 heterocycles. The van der Waals surface area contributed by atoms with Gasteiger partial charge in [-0.15, -0.1) is 23.1 Å². The zero-order valence-electron chi connectivity index (χ0n) is 11.0. The minimum atomic E-state index is 0.0833. The van der Waals surface area contributed by atoms with Crippen molar-refractivity contribution in [2.75, 3.05) is 17.2 Å². The molecule has 0 aliphatic carbocycles. The molecule has 0 bridgehead atoms. The van der Waals surface area contributed by atoms with Crippen LogP contribution >= 0.6 is 34.9 Å². The van der Waals surface area contributed by atoms with Gasteiger partial charge in [-0.2, -0.15) is 0 Å². The minimum Gasteiger partial charge on any atom is -0.300 e. The van der Waals surface area contributed by atoms with E-state index in [1.807, 2.05) is 40.1 Å². The molecule has 2 aromatic rings. The fraction of sp³-hybridized carbons (Fsp3) is 0.286. The van der Waals surface area contributed by atoms with Crippen molar-refractivity contribution in [2.24, 2.45) is 0 Å². The van der Waals surface area contributed by atoms with Crippen molar-refractivity contribution in [1.29, 1.82) is 0 Å². The van der Waals surface area contributed by atoms with E-state index in [2.05, 4.69) is 18.0 Å². The number of hydrogen-bond acceptors (Lipinski definition) is 5. The summed E-state index contributed by atoms with van der Waals surface area (Å²) in [6.07, 6.45) is 4.47. The van der Waals surface area contributed by atoms with E-state index in [1.165, 1.54) is 20.8 Å². The Bertz CT molecular complexity index is 612. The number of thioether (sulfide) groups is 2. The Kier molecular flexibility index (Phi) is 4.33. The molecule has 0 spiro atoms. The summed E-state index contributed by atoms with van der Waals surface area (Å²) in [6.45, 7) is 2.93. The summed E-state index contributed by atoms with van der Waals surface area (Å²) in [5.41, 5.74) is 1.09. The zero-order chi connectivity index (χ0) is 13.9. The number of hydrogen-bond donors (Lipinski definition) is 0. The molecule has 0 atom stereocenters. The molecular weight excluding hydrogens is 308 g/mol. The van der Waals surface area contributed by atoms with Crippen LogP contribution in [0, 0.1) is 0 Å². The zero-order valence-corrected chi connectivity index (χ0v) is 13.5. The number of carbonyl (C=O) groups is 1. The number of thiophene rings is 1. The first-order valence-corrected chi connectivity index (χ1v) is 9.04. The number of aryl methyl sites for hydroxylation is 1. The minimum absolute atomic E-state index is 0.0833. The van der Waals surface area contributed by atoms with Crippen LogP contribution in [0.1, 0.15) is 11.8 Å². The highest BCUT2D eigenvalue weighted by Crippen LogP contribution is 2.43. The fourth-order valence-corrected chi connectivity index (χ4v) is 5.15. The fourth-order valence-electron chi connectivity index (χ4n) is 1.98. The highest BCUT2D eigenvalue weighted by atomic mass is 32.2. The van der Waals surface area contributed by atoms with Crippen LogP contribution in [0.25, 0.3) is 0 Å². The average Bonchev–Trinajstić information content (AvgIpc) is 2.91. The largest absolute Gasteiger partial charge is 0.300 e. The standard InChI is InChI=1S/C14H14N2OS3/c1-2-10-8-12-13(19-10)18-7-6-16(12)14(17)20-11-4-3-5-15-9-11/h3-5,8-9H,2,6-7H2,1H3. The van der Waals surface area contributed by atoms with Gasteiger partial charge in [0.2, 0.25) is 0 Å². The monoisotopic (exact) mass is 322 g/mol. The van der Waals surface area contributed by atoms with Crippen molar-refractivity contribution in [1.82, 2.24) is 4.98 Å². The lowest BCUT2D eigenvalue weighted by atomic mass is 10.3. The van der Waals surface area contributed by atoms with Crippen molar-refractivity contribution < 1.29 is 4.79 Å². The van der Waals surface area contributed by atoms with Crippen LogP contribution in [-0.4, -0.2) is 22.5 Å². The summed E-state index contributed by atoms with van der Waals surface area (Å²) < 4.78 is 1.27.